The first-order valence-electron chi connectivity index (χ1n) is 10.9. The lowest BCUT2D eigenvalue weighted by atomic mass is 10.1. The first-order chi connectivity index (χ1) is 15.6. The number of amides is 1. The van der Waals surface area contributed by atoms with Crippen LogP contribution < -0.4 is 9.47 Å². The standard InChI is InChI=1S/C24H26ClN3O4/c1-3-30-20-12-11-16(14-21(20)31-4-2)15-22(29)28-13-7-10-19(28)24-26-23(27-32-24)17-8-5-6-9-18(17)25/h5-6,8-9,11-12,14,19H,3-4,7,10,13,15H2,1-2H3. The van der Waals surface area contributed by atoms with Gasteiger partial charge in [-0.15, -0.1) is 0 Å². The molecule has 1 aromatic heterocycles. The van der Waals surface area contributed by atoms with Crippen LogP contribution in [0.3, 0.4) is 0 Å². The van der Waals surface area contributed by atoms with Gasteiger partial charge in [0.1, 0.15) is 6.04 Å². The summed E-state index contributed by atoms with van der Waals surface area (Å²) in [5.74, 6) is 2.21. The maximum Gasteiger partial charge on any atom is 0.249 e. The predicted octanol–water partition coefficient (Wildman–Crippen LogP) is 5.09. The van der Waals surface area contributed by atoms with Gasteiger partial charge in [-0.25, -0.2) is 0 Å². The lowest BCUT2D eigenvalue weighted by Gasteiger charge is -2.22. The minimum atomic E-state index is -0.236. The molecule has 32 heavy (non-hydrogen) atoms. The van der Waals surface area contributed by atoms with Gasteiger partial charge in [-0.3, -0.25) is 4.79 Å². The van der Waals surface area contributed by atoms with Crippen LogP contribution in [0.15, 0.2) is 47.0 Å². The van der Waals surface area contributed by atoms with Crippen molar-refractivity contribution in [1.29, 1.82) is 0 Å². The van der Waals surface area contributed by atoms with Crippen LogP contribution >= 0.6 is 11.6 Å². The zero-order chi connectivity index (χ0) is 22.5. The van der Waals surface area contributed by atoms with Crippen LogP contribution in [-0.4, -0.2) is 40.7 Å². The maximum absolute atomic E-state index is 13.2. The van der Waals surface area contributed by atoms with Crippen LogP contribution in [0.5, 0.6) is 11.5 Å². The quantitative estimate of drug-likeness (QED) is 0.470. The Balaban J connectivity index is 1.50. The Hall–Kier alpha value is -3.06. The van der Waals surface area contributed by atoms with Crippen molar-refractivity contribution in [2.75, 3.05) is 19.8 Å². The molecule has 1 atom stereocenters. The number of rotatable bonds is 8. The molecule has 1 saturated heterocycles. The van der Waals surface area contributed by atoms with Gasteiger partial charge >= 0.3 is 0 Å². The molecule has 0 N–H and O–H groups in total. The number of carbonyl (C=O) groups excluding carboxylic acids is 1. The smallest absolute Gasteiger partial charge is 0.249 e. The third kappa shape index (κ3) is 4.72. The van der Waals surface area contributed by atoms with Crippen molar-refractivity contribution < 1.29 is 18.8 Å². The summed E-state index contributed by atoms with van der Waals surface area (Å²) in [6, 6.07) is 12.7. The van der Waals surface area contributed by atoms with E-state index < -0.39 is 0 Å². The van der Waals surface area contributed by atoms with Crippen LogP contribution in [0.2, 0.25) is 5.02 Å². The summed E-state index contributed by atoms with van der Waals surface area (Å²) in [6.45, 7) is 5.58. The van der Waals surface area contributed by atoms with E-state index in [1.54, 1.807) is 6.07 Å². The van der Waals surface area contributed by atoms with Crippen molar-refractivity contribution in [3.8, 4) is 22.9 Å². The number of hydrogen-bond donors (Lipinski definition) is 0. The van der Waals surface area contributed by atoms with Gasteiger partial charge in [-0.1, -0.05) is 35.0 Å². The molecule has 1 aliphatic rings. The van der Waals surface area contributed by atoms with Crippen LogP contribution in [0.25, 0.3) is 11.4 Å². The normalized spacial score (nSPS) is 15.7. The van der Waals surface area contributed by atoms with Crippen LogP contribution in [0.4, 0.5) is 0 Å². The Bertz CT molecular complexity index is 1080. The molecule has 0 aliphatic carbocycles. The summed E-state index contributed by atoms with van der Waals surface area (Å²) >= 11 is 6.26. The number of halogens is 1. The number of aromatic nitrogens is 2. The molecule has 168 valence electrons. The molecular weight excluding hydrogens is 430 g/mol. The van der Waals surface area contributed by atoms with E-state index in [-0.39, 0.29) is 18.4 Å². The summed E-state index contributed by atoms with van der Waals surface area (Å²) < 4.78 is 16.8. The van der Waals surface area contributed by atoms with Gasteiger partial charge in [0.15, 0.2) is 11.5 Å². The van der Waals surface area contributed by atoms with E-state index in [0.717, 1.165) is 18.4 Å². The zero-order valence-electron chi connectivity index (χ0n) is 18.2. The lowest BCUT2D eigenvalue weighted by molar-refractivity contribution is -0.131. The van der Waals surface area contributed by atoms with E-state index in [2.05, 4.69) is 10.1 Å². The minimum absolute atomic E-state index is 0.0107. The second kappa shape index (κ2) is 10.0. The van der Waals surface area contributed by atoms with Crippen molar-refractivity contribution in [3.05, 3.63) is 58.9 Å². The third-order valence-corrected chi connectivity index (χ3v) is 5.71. The molecule has 1 aliphatic heterocycles. The minimum Gasteiger partial charge on any atom is -0.490 e. The molecule has 0 bridgehead atoms. The molecule has 7 nitrogen and oxygen atoms in total. The molecular formula is C24H26ClN3O4. The van der Waals surface area contributed by atoms with Crippen LogP contribution in [-0.2, 0) is 11.2 Å². The molecule has 0 spiro atoms. The summed E-state index contributed by atoms with van der Waals surface area (Å²) in [6.07, 6.45) is 1.92. The van der Waals surface area contributed by atoms with Crippen LogP contribution in [0, 0.1) is 0 Å². The Kier molecular flexibility index (Phi) is 6.95. The lowest BCUT2D eigenvalue weighted by Crippen LogP contribution is -2.32. The molecule has 2 aromatic carbocycles. The molecule has 8 heteroatoms. The monoisotopic (exact) mass is 455 g/mol. The Morgan fingerprint density at radius 3 is 2.72 bits per heavy atom. The van der Waals surface area contributed by atoms with Crippen molar-refractivity contribution >= 4 is 17.5 Å². The summed E-state index contributed by atoms with van der Waals surface area (Å²) in [5, 5.41) is 4.65. The predicted molar refractivity (Wildman–Crippen MR) is 121 cm³/mol. The first-order valence-corrected chi connectivity index (χ1v) is 11.2. The van der Waals surface area contributed by atoms with Gasteiger partial charge in [0.25, 0.3) is 0 Å². The average molecular weight is 456 g/mol. The number of benzene rings is 2. The van der Waals surface area contributed by atoms with Gasteiger partial charge in [0, 0.05) is 12.1 Å². The molecule has 1 fully saturated rings. The number of ether oxygens (including phenoxy) is 2. The Morgan fingerprint density at radius 2 is 1.94 bits per heavy atom. The van der Waals surface area contributed by atoms with Gasteiger partial charge < -0.3 is 18.9 Å². The highest BCUT2D eigenvalue weighted by atomic mass is 35.5. The highest BCUT2D eigenvalue weighted by Crippen LogP contribution is 2.34. The maximum atomic E-state index is 13.2. The second-order valence-corrected chi connectivity index (χ2v) is 7.91. The topological polar surface area (TPSA) is 77.7 Å². The number of carbonyl (C=O) groups is 1. The van der Waals surface area contributed by atoms with E-state index in [0.29, 0.717) is 53.6 Å². The molecule has 1 amide bonds. The largest absolute Gasteiger partial charge is 0.490 e. The van der Waals surface area contributed by atoms with Crippen molar-refractivity contribution in [2.45, 2.75) is 39.2 Å². The molecule has 4 rings (SSSR count). The molecule has 0 radical (unpaired) electrons. The average Bonchev–Trinajstić information content (AvgIpc) is 3.46. The van der Waals surface area contributed by atoms with Gasteiger partial charge in [-0.05, 0) is 56.5 Å². The number of hydrogen-bond acceptors (Lipinski definition) is 6. The first kappa shape index (κ1) is 22.1. The van der Waals surface area contributed by atoms with E-state index in [1.165, 1.54) is 0 Å². The van der Waals surface area contributed by atoms with E-state index >= 15 is 0 Å². The fourth-order valence-corrected chi connectivity index (χ4v) is 4.15. The summed E-state index contributed by atoms with van der Waals surface area (Å²) in [7, 11) is 0. The molecule has 0 saturated carbocycles. The SMILES string of the molecule is CCOc1ccc(CC(=O)N2CCCC2c2nc(-c3ccccc3Cl)no2)cc1OCC. The van der Waals surface area contributed by atoms with Gasteiger partial charge in [0.05, 0.1) is 24.7 Å². The fourth-order valence-electron chi connectivity index (χ4n) is 3.93. The van der Waals surface area contributed by atoms with Gasteiger partial charge in [0.2, 0.25) is 17.6 Å². The Morgan fingerprint density at radius 1 is 1.16 bits per heavy atom. The van der Waals surface area contributed by atoms with Crippen molar-refractivity contribution in [2.24, 2.45) is 0 Å². The van der Waals surface area contributed by atoms with Crippen LogP contribution in [0.1, 0.15) is 44.2 Å². The zero-order valence-corrected chi connectivity index (χ0v) is 19.0. The molecule has 2 heterocycles. The summed E-state index contributed by atoms with van der Waals surface area (Å²) in [4.78, 5) is 19.5. The number of likely N-dealkylation sites (tertiary alicyclic amines) is 1. The Labute approximate surface area is 192 Å². The van der Waals surface area contributed by atoms with Crippen molar-refractivity contribution in [1.82, 2.24) is 15.0 Å². The number of nitrogens with zero attached hydrogens (tertiary/aromatic N) is 3. The molecule has 3 aromatic rings. The fraction of sp³-hybridized carbons (Fsp3) is 0.375. The highest BCUT2D eigenvalue weighted by Gasteiger charge is 2.34. The molecule has 1 unspecified atom stereocenters. The second-order valence-electron chi connectivity index (χ2n) is 7.51. The highest BCUT2D eigenvalue weighted by molar-refractivity contribution is 6.33. The van der Waals surface area contributed by atoms with E-state index in [9.17, 15) is 4.79 Å². The third-order valence-electron chi connectivity index (χ3n) is 5.38. The summed E-state index contributed by atoms with van der Waals surface area (Å²) in [5.41, 5.74) is 1.58. The van der Waals surface area contributed by atoms with Gasteiger partial charge in [-0.2, -0.15) is 4.98 Å². The van der Waals surface area contributed by atoms with E-state index in [4.69, 9.17) is 25.6 Å². The van der Waals surface area contributed by atoms with Crippen molar-refractivity contribution in [3.63, 3.8) is 0 Å². The van der Waals surface area contributed by atoms with E-state index in [1.807, 2.05) is 55.1 Å².